The summed E-state index contributed by atoms with van der Waals surface area (Å²) < 4.78 is 1.80. The van der Waals surface area contributed by atoms with Gasteiger partial charge >= 0.3 is 0 Å². The predicted octanol–water partition coefficient (Wildman–Crippen LogP) is 3.98. The molecule has 6 nitrogen and oxygen atoms in total. The Balaban J connectivity index is 1.44. The van der Waals surface area contributed by atoms with Crippen molar-refractivity contribution in [2.24, 2.45) is 5.92 Å². The quantitative estimate of drug-likeness (QED) is 0.617. The molecule has 1 unspecified atom stereocenters. The molecule has 0 radical (unpaired) electrons. The van der Waals surface area contributed by atoms with Gasteiger partial charge in [-0.25, -0.2) is 0 Å². The second-order valence-corrected chi connectivity index (χ2v) is 8.53. The zero-order chi connectivity index (χ0) is 22.3. The van der Waals surface area contributed by atoms with Crippen LogP contribution in [-0.4, -0.2) is 46.1 Å². The average molecular weight is 431 g/mol. The first kappa shape index (κ1) is 21.8. The maximum absolute atomic E-state index is 13.0. The largest absolute Gasteiger partial charge is 0.351 e. The van der Waals surface area contributed by atoms with Gasteiger partial charge in [-0.05, 0) is 24.3 Å². The number of carbonyl (C=O) groups excluding carboxylic acids is 2. The Hall–Kier alpha value is -3.41. The van der Waals surface area contributed by atoms with Gasteiger partial charge in [-0.2, -0.15) is 5.10 Å². The second-order valence-electron chi connectivity index (χ2n) is 8.53. The molecule has 166 valence electrons. The van der Waals surface area contributed by atoms with Crippen molar-refractivity contribution in [1.29, 1.82) is 0 Å². The number of benzene rings is 2. The highest BCUT2D eigenvalue weighted by molar-refractivity contribution is 6.00. The van der Waals surface area contributed by atoms with Crippen LogP contribution in [0.5, 0.6) is 0 Å². The molecule has 4 rings (SSSR count). The number of nitrogens with zero attached hydrogens (tertiary/aromatic N) is 3. The fourth-order valence-corrected chi connectivity index (χ4v) is 4.20. The highest BCUT2D eigenvalue weighted by Gasteiger charge is 2.22. The van der Waals surface area contributed by atoms with Crippen LogP contribution in [0.1, 0.15) is 42.1 Å². The van der Waals surface area contributed by atoms with E-state index in [4.69, 9.17) is 5.10 Å². The molecular weight excluding hydrogens is 400 g/mol. The Morgan fingerprint density at radius 2 is 1.78 bits per heavy atom. The van der Waals surface area contributed by atoms with Crippen LogP contribution in [-0.2, 0) is 11.3 Å². The summed E-state index contributed by atoms with van der Waals surface area (Å²) in [5, 5.41) is 7.63. The standard InChI is InChI=1S/C26H30N4O2/c1-20-9-8-16-29(17-20)24(31)14-15-27-26(32)23-19-30(18-21-10-4-2-5-11-21)28-25(23)22-12-6-3-7-13-22/h2-7,10-13,19-20H,8-9,14-18H2,1H3,(H,27,32). The van der Waals surface area contributed by atoms with Crippen molar-refractivity contribution in [2.75, 3.05) is 19.6 Å². The molecule has 2 amide bonds. The molecule has 1 atom stereocenters. The lowest BCUT2D eigenvalue weighted by atomic mass is 10.00. The molecule has 1 aromatic heterocycles. The number of carbonyl (C=O) groups is 2. The van der Waals surface area contributed by atoms with E-state index in [9.17, 15) is 9.59 Å². The normalized spacial score (nSPS) is 16.0. The van der Waals surface area contributed by atoms with E-state index in [0.29, 0.717) is 36.7 Å². The van der Waals surface area contributed by atoms with Crippen molar-refractivity contribution in [3.05, 3.63) is 78.0 Å². The smallest absolute Gasteiger partial charge is 0.255 e. The first-order valence-corrected chi connectivity index (χ1v) is 11.3. The molecule has 1 aliphatic heterocycles. The summed E-state index contributed by atoms with van der Waals surface area (Å²) in [6, 6.07) is 19.8. The number of amides is 2. The van der Waals surface area contributed by atoms with Crippen molar-refractivity contribution in [1.82, 2.24) is 20.0 Å². The molecule has 3 aromatic rings. The van der Waals surface area contributed by atoms with E-state index < -0.39 is 0 Å². The van der Waals surface area contributed by atoms with Crippen LogP contribution in [0.3, 0.4) is 0 Å². The molecular formula is C26H30N4O2. The summed E-state index contributed by atoms with van der Waals surface area (Å²) in [6.45, 7) is 4.72. The van der Waals surface area contributed by atoms with Crippen LogP contribution in [0.15, 0.2) is 66.9 Å². The molecule has 6 heteroatoms. The van der Waals surface area contributed by atoms with Crippen LogP contribution in [0.4, 0.5) is 0 Å². The van der Waals surface area contributed by atoms with E-state index >= 15 is 0 Å². The molecule has 1 fully saturated rings. The summed E-state index contributed by atoms with van der Waals surface area (Å²) in [5.74, 6) is 0.453. The van der Waals surface area contributed by atoms with Gasteiger partial charge in [-0.15, -0.1) is 0 Å². The third-order valence-corrected chi connectivity index (χ3v) is 5.88. The molecule has 0 spiro atoms. The Bertz CT molecular complexity index is 1050. The fourth-order valence-electron chi connectivity index (χ4n) is 4.20. The third kappa shape index (κ3) is 5.44. The second kappa shape index (κ2) is 10.3. The summed E-state index contributed by atoms with van der Waals surface area (Å²) in [6.07, 6.45) is 4.34. The van der Waals surface area contributed by atoms with Gasteiger partial charge < -0.3 is 10.2 Å². The Morgan fingerprint density at radius 1 is 1.06 bits per heavy atom. The average Bonchev–Trinajstić information content (AvgIpc) is 3.24. The van der Waals surface area contributed by atoms with Gasteiger partial charge in [0.05, 0.1) is 12.1 Å². The molecule has 0 bridgehead atoms. The summed E-state index contributed by atoms with van der Waals surface area (Å²) in [4.78, 5) is 27.5. The Labute approximate surface area is 189 Å². The molecule has 2 aromatic carbocycles. The zero-order valence-corrected chi connectivity index (χ0v) is 18.5. The molecule has 32 heavy (non-hydrogen) atoms. The lowest BCUT2D eigenvalue weighted by Crippen LogP contribution is -2.40. The fraction of sp³-hybridized carbons (Fsp3) is 0.346. The highest BCUT2D eigenvalue weighted by Crippen LogP contribution is 2.22. The van der Waals surface area contributed by atoms with Crippen LogP contribution in [0, 0.1) is 5.92 Å². The first-order valence-electron chi connectivity index (χ1n) is 11.3. The van der Waals surface area contributed by atoms with Crippen LogP contribution < -0.4 is 5.32 Å². The number of piperidine rings is 1. The van der Waals surface area contributed by atoms with Crippen LogP contribution in [0.25, 0.3) is 11.3 Å². The van der Waals surface area contributed by atoms with E-state index in [0.717, 1.165) is 30.6 Å². The highest BCUT2D eigenvalue weighted by atomic mass is 16.2. The van der Waals surface area contributed by atoms with Crippen molar-refractivity contribution < 1.29 is 9.59 Å². The molecule has 1 saturated heterocycles. The molecule has 0 aliphatic carbocycles. The molecule has 0 saturated carbocycles. The van der Waals surface area contributed by atoms with Gasteiger partial charge in [0.2, 0.25) is 5.91 Å². The SMILES string of the molecule is CC1CCCN(C(=O)CCNC(=O)c2cn(Cc3ccccc3)nc2-c2ccccc2)C1. The summed E-state index contributed by atoms with van der Waals surface area (Å²) >= 11 is 0. The minimum atomic E-state index is -0.206. The first-order chi connectivity index (χ1) is 15.6. The molecule has 1 aliphatic rings. The van der Waals surface area contributed by atoms with Crippen molar-refractivity contribution in [2.45, 2.75) is 32.7 Å². The topological polar surface area (TPSA) is 67.2 Å². The van der Waals surface area contributed by atoms with Gasteiger partial charge in [0.1, 0.15) is 5.69 Å². The van der Waals surface area contributed by atoms with Gasteiger partial charge in [-0.3, -0.25) is 14.3 Å². The zero-order valence-electron chi connectivity index (χ0n) is 18.5. The van der Waals surface area contributed by atoms with E-state index in [1.54, 1.807) is 10.9 Å². The molecule has 1 N–H and O–H groups in total. The van der Waals surface area contributed by atoms with E-state index in [1.807, 2.05) is 65.6 Å². The van der Waals surface area contributed by atoms with Crippen LogP contribution >= 0.6 is 0 Å². The third-order valence-electron chi connectivity index (χ3n) is 5.88. The monoisotopic (exact) mass is 430 g/mol. The number of aromatic nitrogens is 2. The lowest BCUT2D eigenvalue weighted by molar-refractivity contribution is -0.132. The summed E-state index contributed by atoms with van der Waals surface area (Å²) in [5.41, 5.74) is 3.17. The van der Waals surface area contributed by atoms with E-state index in [1.165, 1.54) is 6.42 Å². The lowest BCUT2D eigenvalue weighted by Gasteiger charge is -2.31. The minimum absolute atomic E-state index is 0.111. The number of hydrogen-bond donors (Lipinski definition) is 1. The van der Waals surface area contributed by atoms with Crippen molar-refractivity contribution >= 4 is 11.8 Å². The number of likely N-dealkylation sites (tertiary alicyclic amines) is 1. The van der Waals surface area contributed by atoms with Crippen molar-refractivity contribution in [3.8, 4) is 11.3 Å². The van der Waals surface area contributed by atoms with E-state index in [-0.39, 0.29) is 11.8 Å². The maximum Gasteiger partial charge on any atom is 0.255 e. The van der Waals surface area contributed by atoms with Gasteiger partial charge in [0.25, 0.3) is 5.91 Å². The van der Waals surface area contributed by atoms with Crippen molar-refractivity contribution in [3.63, 3.8) is 0 Å². The Morgan fingerprint density at radius 3 is 2.50 bits per heavy atom. The summed E-state index contributed by atoms with van der Waals surface area (Å²) in [7, 11) is 0. The number of nitrogens with one attached hydrogen (secondary N) is 1. The van der Waals surface area contributed by atoms with E-state index in [2.05, 4.69) is 12.2 Å². The number of rotatable bonds is 7. The van der Waals surface area contributed by atoms with Gasteiger partial charge in [0, 0.05) is 37.8 Å². The minimum Gasteiger partial charge on any atom is -0.351 e. The van der Waals surface area contributed by atoms with Gasteiger partial charge in [0.15, 0.2) is 0 Å². The van der Waals surface area contributed by atoms with Gasteiger partial charge in [-0.1, -0.05) is 67.6 Å². The maximum atomic E-state index is 13.0. The molecule has 2 heterocycles. The number of hydrogen-bond acceptors (Lipinski definition) is 3. The predicted molar refractivity (Wildman–Crippen MR) is 125 cm³/mol. The Kier molecular flexibility index (Phi) is 7.00. The van der Waals surface area contributed by atoms with Crippen LogP contribution in [0.2, 0.25) is 0 Å².